The Labute approximate surface area is 191 Å². The zero-order valence-electron chi connectivity index (χ0n) is 17.6. The number of hydrogen-bond acceptors (Lipinski definition) is 4. The Kier molecular flexibility index (Phi) is 6.40. The second-order valence-corrected chi connectivity index (χ2v) is 7.56. The van der Waals surface area contributed by atoms with Gasteiger partial charge in [0.1, 0.15) is 17.3 Å². The SMILES string of the molecule is O=C(O)c1ccc(Cc2cnc3c(NCCC(F)(F)F)cc(Oc4cccc(F)c4)cn23)cc1. The molecule has 0 spiro atoms. The van der Waals surface area contributed by atoms with Crippen molar-refractivity contribution in [2.45, 2.75) is 19.0 Å². The van der Waals surface area contributed by atoms with Crippen LogP contribution >= 0.6 is 0 Å². The van der Waals surface area contributed by atoms with Gasteiger partial charge in [-0.25, -0.2) is 14.2 Å². The largest absolute Gasteiger partial charge is 0.478 e. The van der Waals surface area contributed by atoms with Crippen LogP contribution in [0.3, 0.4) is 0 Å². The molecule has 0 saturated heterocycles. The number of pyridine rings is 1. The molecule has 0 aliphatic carbocycles. The fraction of sp³-hybridized carbons (Fsp3) is 0.167. The lowest BCUT2D eigenvalue weighted by molar-refractivity contribution is -0.131. The summed E-state index contributed by atoms with van der Waals surface area (Å²) in [7, 11) is 0. The highest BCUT2D eigenvalue weighted by atomic mass is 19.4. The van der Waals surface area contributed by atoms with Crippen molar-refractivity contribution in [3.8, 4) is 11.5 Å². The Morgan fingerprint density at radius 2 is 1.85 bits per heavy atom. The molecule has 0 fully saturated rings. The molecule has 2 aromatic carbocycles. The van der Waals surface area contributed by atoms with Gasteiger partial charge < -0.3 is 15.2 Å². The van der Waals surface area contributed by atoms with E-state index in [4.69, 9.17) is 9.84 Å². The number of imidazole rings is 1. The number of nitrogens with zero attached hydrogens (tertiary/aromatic N) is 2. The first-order valence-electron chi connectivity index (χ1n) is 10.2. The molecule has 6 nitrogen and oxygen atoms in total. The predicted octanol–water partition coefficient (Wildman–Crippen LogP) is 5.92. The number of rotatable bonds is 8. The molecule has 0 bridgehead atoms. The number of fused-ring (bicyclic) bond motifs is 1. The molecule has 0 radical (unpaired) electrons. The Bertz CT molecular complexity index is 1320. The first-order chi connectivity index (χ1) is 16.2. The van der Waals surface area contributed by atoms with Gasteiger partial charge in [-0.2, -0.15) is 13.2 Å². The van der Waals surface area contributed by atoms with E-state index in [-0.39, 0.29) is 23.6 Å². The topological polar surface area (TPSA) is 75.9 Å². The monoisotopic (exact) mass is 473 g/mol. The van der Waals surface area contributed by atoms with Crippen LogP contribution < -0.4 is 10.1 Å². The van der Waals surface area contributed by atoms with Crippen LogP contribution in [-0.4, -0.2) is 33.2 Å². The molecular formula is C24H19F4N3O3. The van der Waals surface area contributed by atoms with Crippen LogP contribution in [0.5, 0.6) is 11.5 Å². The van der Waals surface area contributed by atoms with Crippen molar-refractivity contribution in [1.82, 2.24) is 9.38 Å². The van der Waals surface area contributed by atoms with E-state index in [1.165, 1.54) is 36.4 Å². The summed E-state index contributed by atoms with van der Waals surface area (Å²) in [6.45, 7) is -0.360. The van der Waals surface area contributed by atoms with Gasteiger partial charge in [-0.3, -0.25) is 4.40 Å². The smallest absolute Gasteiger partial charge is 0.390 e. The summed E-state index contributed by atoms with van der Waals surface area (Å²) in [6.07, 6.45) is -1.77. The number of anilines is 1. The van der Waals surface area contributed by atoms with Crippen molar-refractivity contribution >= 4 is 17.3 Å². The van der Waals surface area contributed by atoms with Gasteiger partial charge in [0.2, 0.25) is 0 Å². The number of benzene rings is 2. The van der Waals surface area contributed by atoms with Crippen molar-refractivity contribution < 1.29 is 32.2 Å². The summed E-state index contributed by atoms with van der Waals surface area (Å²) in [5, 5.41) is 11.8. The Morgan fingerprint density at radius 3 is 2.53 bits per heavy atom. The standard InChI is InChI=1S/C24H19F4N3O3/c25-17-2-1-3-19(11-17)34-20-12-21(29-9-8-24(26,27)28)22-30-13-18(31(22)14-20)10-15-4-6-16(7-5-15)23(32)33/h1-7,11-14,29H,8-10H2,(H,32,33). The van der Waals surface area contributed by atoms with Crippen LogP contribution in [0.1, 0.15) is 28.0 Å². The van der Waals surface area contributed by atoms with Gasteiger partial charge in [-0.15, -0.1) is 0 Å². The minimum Gasteiger partial charge on any atom is -0.478 e. The average molecular weight is 473 g/mol. The van der Waals surface area contributed by atoms with Gasteiger partial charge in [0.15, 0.2) is 5.65 Å². The number of halogens is 4. The van der Waals surface area contributed by atoms with Crippen LogP contribution in [0.15, 0.2) is 67.0 Å². The number of alkyl halides is 3. The number of aromatic nitrogens is 2. The van der Waals surface area contributed by atoms with Gasteiger partial charge in [0.25, 0.3) is 0 Å². The zero-order valence-corrected chi connectivity index (χ0v) is 17.6. The maximum atomic E-state index is 13.6. The number of hydrogen-bond donors (Lipinski definition) is 2. The summed E-state index contributed by atoms with van der Waals surface area (Å²) in [5.41, 5.74) is 2.39. The van der Waals surface area contributed by atoms with E-state index < -0.39 is 24.4 Å². The van der Waals surface area contributed by atoms with E-state index in [2.05, 4.69) is 10.3 Å². The molecule has 0 saturated carbocycles. The summed E-state index contributed by atoms with van der Waals surface area (Å²) < 4.78 is 58.9. The second-order valence-electron chi connectivity index (χ2n) is 7.56. The average Bonchev–Trinajstić information content (AvgIpc) is 3.16. The van der Waals surface area contributed by atoms with Crippen LogP contribution in [0.4, 0.5) is 23.2 Å². The van der Waals surface area contributed by atoms with Crippen molar-refractivity contribution in [2.24, 2.45) is 0 Å². The molecular weight excluding hydrogens is 454 g/mol. The third-order valence-corrected chi connectivity index (χ3v) is 5.00. The third kappa shape index (κ3) is 5.64. The second kappa shape index (κ2) is 9.42. The summed E-state index contributed by atoms with van der Waals surface area (Å²) in [6, 6.07) is 13.3. The summed E-state index contributed by atoms with van der Waals surface area (Å²) in [5.74, 6) is -1.02. The minimum absolute atomic E-state index is 0.156. The van der Waals surface area contributed by atoms with Gasteiger partial charge >= 0.3 is 12.1 Å². The van der Waals surface area contributed by atoms with Gasteiger partial charge in [0, 0.05) is 37.0 Å². The van der Waals surface area contributed by atoms with E-state index in [1.54, 1.807) is 35.0 Å². The highest BCUT2D eigenvalue weighted by Crippen LogP contribution is 2.29. The van der Waals surface area contributed by atoms with E-state index in [0.29, 0.717) is 23.4 Å². The van der Waals surface area contributed by atoms with Gasteiger partial charge in [-0.05, 0) is 29.8 Å². The maximum absolute atomic E-state index is 13.6. The fourth-order valence-electron chi connectivity index (χ4n) is 3.41. The lowest BCUT2D eigenvalue weighted by atomic mass is 10.1. The first kappa shape index (κ1) is 23.1. The van der Waals surface area contributed by atoms with E-state index in [0.717, 1.165) is 5.56 Å². The van der Waals surface area contributed by atoms with E-state index >= 15 is 0 Å². The van der Waals surface area contributed by atoms with Crippen molar-refractivity contribution in [3.63, 3.8) is 0 Å². The lowest BCUT2D eigenvalue weighted by Crippen LogP contribution is -2.15. The number of carboxylic acids is 1. The van der Waals surface area contributed by atoms with Crippen molar-refractivity contribution in [3.05, 3.63) is 89.6 Å². The molecule has 176 valence electrons. The minimum atomic E-state index is -4.32. The Hall–Kier alpha value is -4.08. The Morgan fingerprint density at radius 1 is 1.09 bits per heavy atom. The Balaban J connectivity index is 1.67. The highest BCUT2D eigenvalue weighted by molar-refractivity contribution is 5.87. The molecule has 2 N–H and O–H groups in total. The molecule has 0 aliphatic heterocycles. The highest BCUT2D eigenvalue weighted by Gasteiger charge is 2.26. The van der Waals surface area contributed by atoms with Crippen LogP contribution in [0.2, 0.25) is 0 Å². The van der Waals surface area contributed by atoms with Crippen LogP contribution in [0.25, 0.3) is 5.65 Å². The van der Waals surface area contributed by atoms with E-state index in [1.807, 2.05) is 0 Å². The molecule has 0 amide bonds. The summed E-state index contributed by atoms with van der Waals surface area (Å²) >= 11 is 0. The van der Waals surface area contributed by atoms with Crippen molar-refractivity contribution in [1.29, 1.82) is 0 Å². The lowest BCUT2D eigenvalue weighted by Gasteiger charge is -2.14. The number of carboxylic acid groups (broad SMARTS) is 1. The quantitative estimate of drug-likeness (QED) is 0.311. The molecule has 0 unspecified atom stereocenters. The molecule has 2 heterocycles. The molecule has 4 aromatic rings. The molecule has 2 aromatic heterocycles. The van der Waals surface area contributed by atoms with Crippen LogP contribution in [-0.2, 0) is 6.42 Å². The van der Waals surface area contributed by atoms with E-state index in [9.17, 15) is 22.4 Å². The number of ether oxygens (including phenoxy) is 1. The molecule has 0 aliphatic rings. The molecule has 4 rings (SSSR count). The van der Waals surface area contributed by atoms with Crippen molar-refractivity contribution in [2.75, 3.05) is 11.9 Å². The van der Waals surface area contributed by atoms with Gasteiger partial charge in [0.05, 0.1) is 23.9 Å². The zero-order chi connectivity index (χ0) is 24.3. The normalized spacial score (nSPS) is 11.5. The number of nitrogens with one attached hydrogen (secondary N) is 1. The number of carbonyl (C=O) groups is 1. The molecule has 34 heavy (non-hydrogen) atoms. The predicted molar refractivity (Wildman–Crippen MR) is 117 cm³/mol. The van der Waals surface area contributed by atoms with Gasteiger partial charge in [-0.1, -0.05) is 18.2 Å². The molecule has 0 atom stereocenters. The maximum Gasteiger partial charge on any atom is 0.390 e. The third-order valence-electron chi connectivity index (χ3n) is 5.00. The first-order valence-corrected chi connectivity index (χ1v) is 10.2. The molecule has 10 heteroatoms. The summed E-state index contributed by atoms with van der Waals surface area (Å²) in [4.78, 5) is 15.4. The fourth-order valence-corrected chi connectivity index (χ4v) is 3.41. The number of aromatic carboxylic acids is 1. The van der Waals surface area contributed by atoms with Crippen LogP contribution in [0, 0.1) is 5.82 Å².